The van der Waals surface area contributed by atoms with Crippen molar-refractivity contribution in [3.8, 4) is 5.75 Å². The Kier molecular flexibility index (Phi) is 5.03. The molecule has 0 aromatic heterocycles. The first-order chi connectivity index (χ1) is 9.31. The maximum atomic E-state index is 5.58. The molecule has 1 aromatic carbocycles. The number of hydrogen-bond donors (Lipinski definition) is 1. The third-order valence-corrected chi connectivity index (χ3v) is 4.03. The third-order valence-electron chi connectivity index (χ3n) is 4.03. The van der Waals surface area contributed by atoms with Crippen molar-refractivity contribution in [1.82, 2.24) is 5.32 Å². The topological polar surface area (TPSA) is 21.3 Å². The van der Waals surface area contributed by atoms with Crippen LogP contribution >= 0.6 is 0 Å². The van der Waals surface area contributed by atoms with E-state index in [0.717, 1.165) is 25.1 Å². The molecule has 0 saturated heterocycles. The zero-order valence-corrected chi connectivity index (χ0v) is 12.1. The summed E-state index contributed by atoms with van der Waals surface area (Å²) >= 11 is 0. The fourth-order valence-corrected chi connectivity index (χ4v) is 3.16. The quantitative estimate of drug-likeness (QED) is 0.787. The molecular formula is C17H25NO. The van der Waals surface area contributed by atoms with E-state index in [-0.39, 0.29) is 0 Å². The second kappa shape index (κ2) is 6.76. The summed E-state index contributed by atoms with van der Waals surface area (Å²) in [5, 5.41) is 3.70. The first-order valence-corrected chi connectivity index (χ1v) is 7.31. The molecule has 2 atom stereocenters. The first-order valence-electron chi connectivity index (χ1n) is 7.31. The summed E-state index contributed by atoms with van der Waals surface area (Å²) in [5.41, 5.74) is 2.84. The summed E-state index contributed by atoms with van der Waals surface area (Å²) in [6.07, 6.45) is 6.57. The Hall–Kier alpha value is -1.28. The molecule has 19 heavy (non-hydrogen) atoms. The third kappa shape index (κ3) is 3.01. The monoisotopic (exact) mass is 259 g/mol. The molecule has 0 amide bonds. The van der Waals surface area contributed by atoms with Gasteiger partial charge in [0.25, 0.3) is 0 Å². The predicted octanol–water partition coefficient (Wildman–Crippen LogP) is 3.67. The Labute approximate surface area is 116 Å². The van der Waals surface area contributed by atoms with E-state index in [1.165, 1.54) is 24.0 Å². The lowest BCUT2D eigenvalue weighted by Crippen LogP contribution is -2.38. The van der Waals surface area contributed by atoms with E-state index in [4.69, 9.17) is 4.74 Å². The van der Waals surface area contributed by atoms with Gasteiger partial charge in [0.2, 0.25) is 0 Å². The van der Waals surface area contributed by atoms with Crippen LogP contribution in [0.3, 0.4) is 0 Å². The Morgan fingerprint density at radius 1 is 1.47 bits per heavy atom. The number of hydrogen-bond acceptors (Lipinski definition) is 2. The molecule has 0 fully saturated rings. The van der Waals surface area contributed by atoms with Gasteiger partial charge < -0.3 is 10.1 Å². The number of benzene rings is 1. The van der Waals surface area contributed by atoms with Gasteiger partial charge >= 0.3 is 0 Å². The van der Waals surface area contributed by atoms with Crippen LogP contribution in [0.15, 0.2) is 30.9 Å². The summed E-state index contributed by atoms with van der Waals surface area (Å²) in [6.45, 7) is 7.23. The highest BCUT2D eigenvalue weighted by atomic mass is 16.5. The van der Waals surface area contributed by atoms with Crippen LogP contribution in [-0.2, 0) is 6.42 Å². The second-order valence-electron chi connectivity index (χ2n) is 5.26. The van der Waals surface area contributed by atoms with E-state index < -0.39 is 0 Å². The predicted molar refractivity (Wildman–Crippen MR) is 81.0 cm³/mol. The van der Waals surface area contributed by atoms with Gasteiger partial charge in [-0.05, 0) is 43.9 Å². The molecule has 0 bridgehead atoms. The Morgan fingerprint density at radius 2 is 2.32 bits per heavy atom. The zero-order chi connectivity index (χ0) is 13.7. The van der Waals surface area contributed by atoms with Crippen molar-refractivity contribution in [2.75, 3.05) is 13.7 Å². The number of methoxy groups -OCH3 is 1. The lowest BCUT2D eigenvalue weighted by Gasteiger charge is -2.35. The molecule has 2 nitrogen and oxygen atoms in total. The minimum Gasteiger partial charge on any atom is -0.496 e. The van der Waals surface area contributed by atoms with Crippen LogP contribution in [-0.4, -0.2) is 19.7 Å². The van der Waals surface area contributed by atoms with Gasteiger partial charge in [0.15, 0.2) is 0 Å². The van der Waals surface area contributed by atoms with Crippen molar-refractivity contribution in [1.29, 1.82) is 0 Å². The van der Waals surface area contributed by atoms with Crippen molar-refractivity contribution in [2.24, 2.45) is 0 Å². The first kappa shape index (κ1) is 14.1. The van der Waals surface area contributed by atoms with Crippen LogP contribution in [0.4, 0.5) is 0 Å². The molecule has 1 aromatic rings. The van der Waals surface area contributed by atoms with E-state index in [0.29, 0.717) is 12.0 Å². The number of allylic oxidation sites excluding steroid dienone is 1. The van der Waals surface area contributed by atoms with Crippen LogP contribution in [0.25, 0.3) is 0 Å². The maximum Gasteiger partial charge on any atom is 0.122 e. The molecule has 1 aliphatic rings. The lowest BCUT2D eigenvalue weighted by atomic mass is 9.77. The molecule has 1 aliphatic carbocycles. The lowest BCUT2D eigenvalue weighted by molar-refractivity contribution is 0.359. The molecular weight excluding hydrogens is 234 g/mol. The Balaban J connectivity index is 2.32. The normalized spacial score (nSPS) is 21.8. The van der Waals surface area contributed by atoms with Gasteiger partial charge in [-0.3, -0.25) is 0 Å². The molecule has 104 valence electrons. The summed E-state index contributed by atoms with van der Waals surface area (Å²) < 4.78 is 5.58. The standard InChI is InChI=1S/C17H25NO/c1-4-7-14-15(18-12-5-2)11-10-13-8-6-9-16(19-3)17(13)14/h4,6,8-9,14-15,18H,1,5,7,10-12H2,2-3H3/t14-,15+/m1/s1. The summed E-state index contributed by atoms with van der Waals surface area (Å²) in [4.78, 5) is 0. The molecule has 2 rings (SSSR count). The number of aryl methyl sites for hydroxylation is 1. The molecule has 0 unspecified atom stereocenters. The summed E-state index contributed by atoms with van der Waals surface area (Å²) in [6, 6.07) is 6.96. The van der Waals surface area contributed by atoms with E-state index in [9.17, 15) is 0 Å². The van der Waals surface area contributed by atoms with E-state index in [1.54, 1.807) is 7.11 Å². The fourth-order valence-electron chi connectivity index (χ4n) is 3.16. The average Bonchev–Trinajstić information content (AvgIpc) is 2.45. The second-order valence-corrected chi connectivity index (χ2v) is 5.26. The summed E-state index contributed by atoms with van der Waals surface area (Å²) in [7, 11) is 1.77. The largest absolute Gasteiger partial charge is 0.496 e. The van der Waals surface area contributed by atoms with Gasteiger partial charge in [0.1, 0.15) is 5.75 Å². The van der Waals surface area contributed by atoms with Crippen LogP contribution < -0.4 is 10.1 Å². The van der Waals surface area contributed by atoms with Crippen LogP contribution in [0.2, 0.25) is 0 Å². The zero-order valence-electron chi connectivity index (χ0n) is 12.1. The SMILES string of the molecule is C=CC[C@H]1c2c(cccc2OC)CC[C@@H]1NCCC. The highest BCUT2D eigenvalue weighted by molar-refractivity contribution is 5.45. The molecule has 0 saturated carbocycles. The van der Waals surface area contributed by atoms with Gasteiger partial charge in [-0.1, -0.05) is 25.1 Å². The van der Waals surface area contributed by atoms with E-state index >= 15 is 0 Å². The highest BCUT2D eigenvalue weighted by Crippen LogP contribution is 2.40. The molecule has 0 aliphatic heterocycles. The highest BCUT2D eigenvalue weighted by Gasteiger charge is 2.30. The van der Waals surface area contributed by atoms with Crippen molar-refractivity contribution in [2.45, 2.75) is 44.6 Å². The van der Waals surface area contributed by atoms with Gasteiger partial charge in [0, 0.05) is 17.5 Å². The molecule has 0 spiro atoms. The average molecular weight is 259 g/mol. The number of rotatable bonds is 6. The Morgan fingerprint density at radius 3 is 3.00 bits per heavy atom. The van der Waals surface area contributed by atoms with Crippen molar-refractivity contribution in [3.63, 3.8) is 0 Å². The van der Waals surface area contributed by atoms with Gasteiger partial charge in [0.05, 0.1) is 7.11 Å². The fraction of sp³-hybridized carbons (Fsp3) is 0.529. The maximum absolute atomic E-state index is 5.58. The Bertz CT molecular complexity index is 413. The number of fused-ring (bicyclic) bond motifs is 1. The van der Waals surface area contributed by atoms with Gasteiger partial charge in [-0.2, -0.15) is 0 Å². The van der Waals surface area contributed by atoms with Gasteiger partial charge in [-0.25, -0.2) is 0 Å². The van der Waals surface area contributed by atoms with Crippen molar-refractivity contribution in [3.05, 3.63) is 42.0 Å². The van der Waals surface area contributed by atoms with E-state index in [1.807, 2.05) is 6.08 Å². The van der Waals surface area contributed by atoms with Crippen LogP contribution in [0.1, 0.15) is 43.2 Å². The number of ether oxygens (including phenoxy) is 1. The van der Waals surface area contributed by atoms with Crippen molar-refractivity contribution >= 4 is 0 Å². The van der Waals surface area contributed by atoms with E-state index in [2.05, 4.69) is 37.0 Å². The molecule has 0 heterocycles. The van der Waals surface area contributed by atoms with Crippen LogP contribution in [0, 0.1) is 0 Å². The van der Waals surface area contributed by atoms with Crippen molar-refractivity contribution < 1.29 is 4.74 Å². The molecule has 0 radical (unpaired) electrons. The smallest absolute Gasteiger partial charge is 0.122 e. The number of nitrogens with one attached hydrogen (secondary N) is 1. The summed E-state index contributed by atoms with van der Waals surface area (Å²) in [5.74, 6) is 1.52. The van der Waals surface area contributed by atoms with Gasteiger partial charge in [-0.15, -0.1) is 6.58 Å². The molecule has 2 heteroatoms. The minimum absolute atomic E-state index is 0.490. The minimum atomic E-state index is 0.490. The molecule has 1 N–H and O–H groups in total. The van der Waals surface area contributed by atoms with Crippen LogP contribution in [0.5, 0.6) is 5.75 Å².